The summed E-state index contributed by atoms with van der Waals surface area (Å²) in [4.78, 5) is 13.8. The molecule has 128 valence electrons. The summed E-state index contributed by atoms with van der Waals surface area (Å²) in [7, 11) is 3.62. The molecule has 0 radical (unpaired) electrons. The lowest BCUT2D eigenvalue weighted by Crippen LogP contribution is -2.33. The van der Waals surface area contributed by atoms with Crippen LogP contribution >= 0.6 is 24.8 Å². The molecule has 0 aliphatic carbocycles. The number of ether oxygens (including phenoxy) is 1. The lowest BCUT2D eigenvalue weighted by Gasteiger charge is -2.19. The summed E-state index contributed by atoms with van der Waals surface area (Å²) >= 11 is 0. The molecular formula is C15H27Cl2N3O2. The average Bonchev–Trinajstić information content (AvgIpc) is 2.49. The molecule has 5 nitrogen and oxygen atoms in total. The van der Waals surface area contributed by atoms with Crippen LogP contribution in [0, 0.1) is 0 Å². The molecule has 0 spiro atoms. The number of anilines is 1. The van der Waals surface area contributed by atoms with Gasteiger partial charge >= 0.3 is 0 Å². The van der Waals surface area contributed by atoms with Crippen LogP contribution in [0.15, 0.2) is 30.3 Å². The van der Waals surface area contributed by atoms with Crippen molar-refractivity contribution in [3.8, 4) is 0 Å². The van der Waals surface area contributed by atoms with Crippen molar-refractivity contribution >= 4 is 36.4 Å². The third kappa shape index (κ3) is 9.10. The van der Waals surface area contributed by atoms with Crippen molar-refractivity contribution in [1.29, 1.82) is 0 Å². The number of methoxy groups -OCH3 is 1. The minimum absolute atomic E-state index is 0. The third-order valence-corrected chi connectivity index (χ3v) is 3.20. The van der Waals surface area contributed by atoms with Gasteiger partial charge in [-0.2, -0.15) is 0 Å². The largest absolute Gasteiger partial charge is 0.380 e. The van der Waals surface area contributed by atoms with Crippen LogP contribution < -0.4 is 16.0 Å². The zero-order chi connectivity index (χ0) is 14.8. The molecule has 0 saturated heterocycles. The fraction of sp³-hybridized carbons (Fsp3) is 0.533. The summed E-state index contributed by atoms with van der Waals surface area (Å²) in [6.07, 6.45) is 1.03. The Hall–Kier alpha value is -1.01. The maximum Gasteiger partial charge on any atom is 0.222 e. The van der Waals surface area contributed by atoms with Gasteiger partial charge in [-0.3, -0.25) is 4.79 Å². The molecule has 0 aliphatic heterocycles. The standard InChI is InChI=1S/C15H25N3O2.2ClH/c1-18(13-7-4-3-5-8-13)10-6-9-17-15(19)11-14(12-16)20-2;;/h3-5,7-8,14H,6,9-12,16H2,1-2H3,(H,17,19);2*1H. The number of benzene rings is 1. The van der Waals surface area contributed by atoms with E-state index < -0.39 is 0 Å². The van der Waals surface area contributed by atoms with E-state index in [4.69, 9.17) is 10.5 Å². The zero-order valence-corrected chi connectivity index (χ0v) is 14.8. The Balaban J connectivity index is 0. The first-order chi connectivity index (χ1) is 9.67. The van der Waals surface area contributed by atoms with Gasteiger partial charge in [-0.15, -0.1) is 24.8 Å². The van der Waals surface area contributed by atoms with E-state index >= 15 is 0 Å². The minimum Gasteiger partial charge on any atom is -0.380 e. The van der Waals surface area contributed by atoms with Crippen molar-refractivity contribution in [3.05, 3.63) is 30.3 Å². The fourth-order valence-electron chi connectivity index (χ4n) is 1.90. The van der Waals surface area contributed by atoms with Crippen molar-refractivity contribution in [2.24, 2.45) is 5.73 Å². The molecule has 22 heavy (non-hydrogen) atoms. The van der Waals surface area contributed by atoms with E-state index in [0.29, 0.717) is 19.5 Å². The molecule has 3 N–H and O–H groups in total. The molecule has 1 aromatic rings. The highest BCUT2D eigenvalue weighted by Crippen LogP contribution is 2.10. The molecule has 1 rings (SSSR count). The number of nitrogens with one attached hydrogen (secondary N) is 1. The van der Waals surface area contributed by atoms with E-state index in [0.717, 1.165) is 13.0 Å². The van der Waals surface area contributed by atoms with Crippen LogP contribution in [0.2, 0.25) is 0 Å². The molecule has 0 aliphatic rings. The van der Waals surface area contributed by atoms with Crippen LogP contribution in [0.1, 0.15) is 12.8 Å². The monoisotopic (exact) mass is 351 g/mol. The normalized spacial score (nSPS) is 10.9. The summed E-state index contributed by atoms with van der Waals surface area (Å²) in [6.45, 7) is 1.92. The quantitative estimate of drug-likeness (QED) is 0.666. The lowest BCUT2D eigenvalue weighted by molar-refractivity contribution is -0.123. The molecule has 1 amide bonds. The number of nitrogens with zero attached hydrogens (tertiary/aromatic N) is 1. The highest BCUT2D eigenvalue weighted by molar-refractivity contribution is 5.85. The molecule has 0 aromatic heterocycles. The van der Waals surface area contributed by atoms with Gasteiger partial charge in [0.1, 0.15) is 0 Å². The Labute approximate surface area is 145 Å². The number of rotatable bonds is 9. The van der Waals surface area contributed by atoms with Gasteiger partial charge in [0.2, 0.25) is 5.91 Å². The van der Waals surface area contributed by atoms with Gasteiger partial charge in [0.05, 0.1) is 12.5 Å². The molecule has 7 heteroatoms. The summed E-state index contributed by atoms with van der Waals surface area (Å²) in [6, 6.07) is 10.2. The third-order valence-electron chi connectivity index (χ3n) is 3.20. The number of para-hydroxylation sites is 1. The van der Waals surface area contributed by atoms with Crippen molar-refractivity contribution < 1.29 is 9.53 Å². The van der Waals surface area contributed by atoms with E-state index in [9.17, 15) is 4.79 Å². The van der Waals surface area contributed by atoms with Crippen molar-refractivity contribution in [1.82, 2.24) is 5.32 Å². The zero-order valence-electron chi connectivity index (χ0n) is 13.2. The Kier molecular flexibility index (Phi) is 14.4. The highest BCUT2D eigenvalue weighted by atomic mass is 35.5. The maximum absolute atomic E-state index is 11.6. The maximum atomic E-state index is 11.6. The summed E-state index contributed by atoms with van der Waals surface area (Å²) in [5.41, 5.74) is 6.66. The smallest absolute Gasteiger partial charge is 0.222 e. The van der Waals surface area contributed by atoms with E-state index in [1.54, 1.807) is 7.11 Å². The molecule has 0 fully saturated rings. The summed E-state index contributed by atoms with van der Waals surface area (Å²) < 4.78 is 5.08. The van der Waals surface area contributed by atoms with Gasteiger partial charge < -0.3 is 20.7 Å². The Morgan fingerprint density at radius 3 is 2.50 bits per heavy atom. The Bertz CT molecular complexity index is 390. The second-order valence-electron chi connectivity index (χ2n) is 4.76. The van der Waals surface area contributed by atoms with Gasteiger partial charge in [-0.05, 0) is 18.6 Å². The first-order valence-corrected chi connectivity index (χ1v) is 6.93. The van der Waals surface area contributed by atoms with Crippen LogP contribution in [0.5, 0.6) is 0 Å². The number of halogens is 2. The molecule has 1 unspecified atom stereocenters. The first kappa shape index (κ1) is 23.3. The molecule has 0 heterocycles. The average molecular weight is 352 g/mol. The van der Waals surface area contributed by atoms with Gasteiger partial charge in [0.25, 0.3) is 0 Å². The van der Waals surface area contributed by atoms with Crippen molar-refractivity contribution in [2.45, 2.75) is 18.9 Å². The molecule has 1 aromatic carbocycles. The lowest BCUT2D eigenvalue weighted by atomic mass is 10.2. The van der Waals surface area contributed by atoms with Crippen LogP contribution in [0.4, 0.5) is 5.69 Å². The van der Waals surface area contributed by atoms with Gasteiger partial charge in [-0.25, -0.2) is 0 Å². The molecule has 0 bridgehead atoms. The number of hydrogen-bond donors (Lipinski definition) is 2. The predicted molar refractivity (Wildman–Crippen MR) is 96.3 cm³/mol. The van der Waals surface area contributed by atoms with Gasteiger partial charge in [0.15, 0.2) is 0 Å². The summed E-state index contributed by atoms with van der Waals surface area (Å²) in [5, 5.41) is 2.89. The van der Waals surface area contributed by atoms with Gasteiger partial charge in [-0.1, -0.05) is 18.2 Å². The van der Waals surface area contributed by atoms with E-state index in [1.165, 1.54) is 5.69 Å². The van der Waals surface area contributed by atoms with Crippen LogP contribution in [0.25, 0.3) is 0 Å². The topological polar surface area (TPSA) is 67.6 Å². The van der Waals surface area contributed by atoms with E-state index in [-0.39, 0.29) is 36.8 Å². The first-order valence-electron chi connectivity index (χ1n) is 6.93. The highest BCUT2D eigenvalue weighted by Gasteiger charge is 2.10. The fourth-order valence-corrected chi connectivity index (χ4v) is 1.90. The Morgan fingerprint density at radius 2 is 1.95 bits per heavy atom. The van der Waals surface area contributed by atoms with Gasteiger partial charge in [0, 0.05) is 39.5 Å². The molecule has 1 atom stereocenters. The summed E-state index contributed by atoms with van der Waals surface area (Å²) in [5.74, 6) is -0.00957. The molecule has 0 saturated carbocycles. The Morgan fingerprint density at radius 1 is 1.32 bits per heavy atom. The van der Waals surface area contributed by atoms with Crippen molar-refractivity contribution in [3.63, 3.8) is 0 Å². The second-order valence-corrected chi connectivity index (χ2v) is 4.76. The van der Waals surface area contributed by atoms with Crippen LogP contribution in [-0.4, -0.2) is 45.8 Å². The van der Waals surface area contributed by atoms with E-state index in [2.05, 4.69) is 22.3 Å². The van der Waals surface area contributed by atoms with E-state index in [1.807, 2.05) is 25.2 Å². The SMILES string of the molecule is COC(CN)CC(=O)NCCCN(C)c1ccccc1.Cl.Cl. The number of hydrogen-bond acceptors (Lipinski definition) is 4. The van der Waals surface area contributed by atoms with Crippen molar-refractivity contribution in [2.75, 3.05) is 38.7 Å². The van der Waals surface area contributed by atoms with Crippen LogP contribution in [0.3, 0.4) is 0 Å². The number of nitrogens with two attached hydrogens (primary N) is 1. The molecular weight excluding hydrogens is 325 g/mol. The number of carbonyl (C=O) groups excluding carboxylic acids is 1. The van der Waals surface area contributed by atoms with Crippen LogP contribution in [-0.2, 0) is 9.53 Å². The predicted octanol–water partition coefficient (Wildman–Crippen LogP) is 1.84. The second kappa shape index (κ2) is 13.6. The number of carbonyl (C=O) groups is 1. The number of amides is 1. The minimum atomic E-state index is -0.193.